The Morgan fingerprint density at radius 3 is 3.00 bits per heavy atom. The lowest BCUT2D eigenvalue weighted by Gasteiger charge is -2.44. The Balaban J connectivity index is 1.77. The lowest BCUT2D eigenvalue weighted by atomic mass is 9.99. The highest BCUT2D eigenvalue weighted by Crippen LogP contribution is 2.28. The number of piperidine rings is 1. The number of nitrogens with zero attached hydrogens (tertiary/aromatic N) is 3. The Labute approximate surface area is 113 Å². The molecule has 4 nitrogen and oxygen atoms in total. The summed E-state index contributed by atoms with van der Waals surface area (Å²) in [4.78, 5) is 9.30. The second-order valence-electron chi connectivity index (χ2n) is 5.20. The van der Waals surface area contributed by atoms with Crippen molar-refractivity contribution < 1.29 is 0 Å². The molecule has 5 heteroatoms. The van der Waals surface area contributed by atoms with Crippen molar-refractivity contribution in [3.8, 4) is 0 Å². The molecule has 3 heterocycles. The van der Waals surface area contributed by atoms with E-state index < -0.39 is 0 Å². The van der Waals surface area contributed by atoms with Crippen molar-refractivity contribution >= 4 is 23.1 Å². The van der Waals surface area contributed by atoms with Crippen molar-refractivity contribution in [2.24, 2.45) is 0 Å². The number of nitrogens with two attached hydrogens (primary N) is 1. The highest BCUT2D eigenvalue weighted by molar-refractivity contribution is 6.30. The third-order valence-electron chi connectivity index (χ3n) is 4.00. The molecule has 3 rings (SSSR count). The first-order chi connectivity index (χ1) is 8.74. The maximum Gasteiger partial charge on any atom is 0.151 e. The number of fused-ring (bicyclic) bond motifs is 1. The molecule has 0 bridgehead atoms. The Bertz CT molecular complexity index is 437. The summed E-state index contributed by atoms with van der Waals surface area (Å²) in [6.45, 7) is 4.42. The van der Waals surface area contributed by atoms with Crippen LogP contribution in [-0.2, 0) is 0 Å². The zero-order valence-corrected chi connectivity index (χ0v) is 11.2. The largest absolute Gasteiger partial charge is 0.396 e. The van der Waals surface area contributed by atoms with Crippen LogP contribution < -0.4 is 10.6 Å². The third-order valence-corrected chi connectivity index (χ3v) is 4.21. The molecule has 2 saturated heterocycles. The standard InChI is InChI=1S/C13H19ClN4/c14-10-7-12(15)13(16-8-10)18-6-5-17-4-2-1-3-11(17)9-18/h7-8,11H,1-6,9,15H2. The molecule has 98 valence electrons. The van der Waals surface area contributed by atoms with E-state index in [2.05, 4.69) is 14.8 Å². The number of hydrogen-bond donors (Lipinski definition) is 1. The predicted octanol–water partition coefficient (Wildman–Crippen LogP) is 1.99. The van der Waals surface area contributed by atoms with Crippen LogP contribution in [0.15, 0.2) is 12.3 Å². The lowest BCUT2D eigenvalue weighted by molar-refractivity contribution is 0.133. The second-order valence-corrected chi connectivity index (χ2v) is 5.63. The first-order valence-corrected chi connectivity index (χ1v) is 7.02. The van der Waals surface area contributed by atoms with Crippen LogP contribution in [0.3, 0.4) is 0 Å². The number of anilines is 2. The minimum absolute atomic E-state index is 0.604. The fourth-order valence-corrected chi connectivity index (χ4v) is 3.23. The smallest absolute Gasteiger partial charge is 0.151 e. The minimum Gasteiger partial charge on any atom is -0.396 e. The first-order valence-electron chi connectivity index (χ1n) is 6.64. The maximum absolute atomic E-state index is 6.02. The quantitative estimate of drug-likeness (QED) is 0.844. The summed E-state index contributed by atoms with van der Waals surface area (Å²) in [5.74, 6) is 0.893. The highest BCUT2D eigenvalue weighted by atomic mass is 35.5. The van der Waals surface area contributed by atoms with E-state index in [0.29, 0.717) is 16.8 Å². The van der Waals surface area contributed by atoms with Crippen molar-refractivity contribution in [2.75, 3.05) is 36.8 Å². The molecule has 0 radical (unpaired) electrons. The van der Waals surface area contributed by atoms with Gasteiger partial charge in [-0.1, -0.05) is 18.0 Å². The fourth-order valence-electron chi connectivity index (χ4n) is 3.06. The molecule has 1 unspecified atom stereocenters. The van der Waals surface area contributed by atoms with Gasteiger partial charge in [-0.05, 0) is 25.5 Å². The van der Waals surface area contributed by atoms with Gasteiger partial charge in [-0.15, -0.1) is 0 Å². The Morgan fingerprint density at radius 2 is 2.17 bits per heavy atom. The number of nitrogen functional groups attached to an aromatic ring is 1. The van der Waals surface area contributed by atoms with Crippen LogP contribution >= 0.6 is 11.6 Å². The van der Waals surface area contributed by atoms with Gasteiger partial charge in [-0.25, -0.2) is 4.98 Å². The summed E-state index contributed by atoms with van der Waals surface area (Å²) in [6, 6.07) is 2.46. The van der Waals surface area contributed by atoms with Crippen LogP contribution in [0.25, 0.3) is 0 Å². The van der Waals surface area contributed by atoms with E-state index in [4.69, 9.17) is 17.3 Å². The number of piperazine rings is 1. The van der Waals surface area contributed by atoms with E-state index in [1.807, 2.05) is 0 Å². The summed E-state index contributed by atoms with van der Waals surface area (Å²) < 4.78 is 0. The van der Waals surface area contributed by atoms with Crippen LogP contribution in [0.1, 0.15) is 19.3 Å². The summed E-state index contributed by atoms with van der Waals surface area (Å²) >= 11 is 5.90. The number of rotatable bonds is 1. The molecule has 2 fully saturated rings. The summed E-state index contributed by atoms with van der Waals surface area (Å²) in [5.41, 5.74) is 6.70. The zero-order valence-electron chi connectivity index (χ0n) is 10.5. The molecule has 1 aromatic rings. The van der Waals surface area contributed by atoms with E-state index in [0.717, 1.165) is 25.5 Å². The number of aromatic nitrogens is 1. The van der Waals surface area contributed by atoms with Crippen molar-refractivity contribution in [3.63, 3.8) is 0 Å². The number of pyridine rings is 1. The first kappa shape index (κ1) is 12.1. The van der Waals surface area contributed by atoms with Crippen LogP contribution in [0.5, 0.6) is 0 Å². The molecule has 2 aliphatic heterocycles. The summed E-state index contributed by atoms with van der Waals surface area (Å²) in [7, 11) is 0. The molecule has 1 atom stereocenters. The van der Waals surface area contributed by atoms with Crippen molar-refractivity contribution in [1.82, 2.24) is 9.88 Å². The average Bonchev–Trinajstić information content (AvgIpc) is 2.38. The van der Waals surface area contributed by atoms with E-state index in [9.17, 15) is 0 Å². The predicted molar refractivity (Wildman–Crippen MR) is 75.1 cm³/mol. The number of hydrogen-bond acceptors (Lipinski definition) is 4. The topological polar surface area (TPSA) is 45.4 Å². The van der Waals surface area contributed by atoms with E-state index in [1.165, 1.54) is 25.8 Å². The van der Waals surface area contributed by atoms with Gasteiger partial charge in [-0.2, -0.15) is 0 Å². The van der Waals surface area contributed by atoms with Crippen LogP contribution in [0.4, 0.5) is 11.5 Å². The van der Waals surface area contributed by atoms with E-state index >= 15 is 0 Å². The summed E-state index contributed by atoms with van der Waals surface area (Å²) in [6.07, 6.45) is 5.67. The average molecular weight is 267 g/mol. The molecule has 0 aliphatic carbocycles. The van der Waals surface area contributed by atoms with E-state index in [1.54, 1.807) is 12.3 Å². The van der Waals surface area contributed by atoms with Gasteiger partial charge >= 0.3 is 0 Å². The van der Waals surface area contributed by atoms with Gasteiger partial charge in [0.2, 0.25) is 0 Å². The van der Waals surface area contributed by atoms with Gasteiger partial charge in [0, 0.05) is 31.9 Å². The van der Waals surface area contributed by atoms with E-state index in [-0.39, 0.29) is 0 Å². The van der Waals surface area contributed by atoms with Gasteiger partial charge < -0.3 is 10.6 Å². The van der Waals surface area contributed by atoms with Gasteiger partial charge in [0.05, 0.1) is 10.7 Å². The van der Waals surface area contributed by atoms with Crippen LogP contribution in [0.2, 0.25) is 5.02 Å². The van der Waals surface area contributed by atoms with Crippen molar-refractivity contribution in [2.45, 2.75) is 25.3 Å². The lowest BCUT2D eigenvalue weighted by Crippen LogP contribution is -2.55. The van der Waals surface area contributed by atoms with Crippen molar-refractivity contribution in [1.29, 1.82) is 0 Å². The molecule has 2 aliphatic rings. The zero-order chi connectivity index (χ0) is 12.5. The Kier molecular flexibility index (Phi) is 3.31. The normalized spacial score (nSPS) is 24.9. The molecular formula is C13H19ClN4. The van der Waals surface area contributed by atoms with Crippen LogP contribution in [-0.4, -0.2) is 42.1 Å². The van der Waals surface area contributed by atoms with Crippen molar-refractivity contribution in [3.05, 3.63) is 17.3 Å². The van der Waals surface area contributed by atoms with Crippen LogP contribution in [0, 0.1) is 0 Å². The molecule has 0 spiro atoms. The third kappa shape index (κ3) is 2.27. The summed E-state index contributed by atoms with van der Waals surface area (Å²) in [5, 5.41) is 0.604. The van der Waals surface area contributed by atoms with Gasteiger partial charge in [0.25, 0.3) is 0 Å². The molecule has 18 heavy (non-hydrogen) atoms. The van der Waals surface area contributed by atoms with Gasteiger partial charge in [0.1, 0.15) is 0 Å². The SMILES string of the molecule is Nc1cc(Cl)cnc1N1CCN2CCCCC2C1. The molecule has 2 N–H and O–H groups in total. The monoisotopic (exact) mass is 266 g/mol. The van der Waals surface area contributed by atoms with Gasteiger partial charge in [-0.3, -0.25) is 4.90 Å². The minimum atomic E-state index is 0.604. The Hall–Kier alpha value is -1.00. The molecule has 0 amide bonds. The molecule has 0 aromatic carbocycles. The number of halogens is 1. The highest BCUT2D eigenvalue weighted by Gasteiger charge is 2.29. The van der Waals surface area contributed by atoms with Gasteiger partial charge in [0.15, 0.2) is 5.82 Å². The second kappa shape index (κ2) is 4.94. The molecule has 1 aromatic heterocycles. The fraction of sp³-hybridized carbons (Fsp3) is 0.615. The molecule has 0 saturated carbocycles. The maximum atomic E-state index is 6.02. The molecular weight excluding hydrogens is 248 g/mol. The Morgan fingerprint density at radius 1 is 1.28 bits per heavy atom.